The normalized spacial score (nSPS) is 19.8. The molecule has 7 nitrogen and oxygen atoms in total. The summed E-state index contributed by atoms with van der Waals surface area (Å²) in [4.78, 5) is 12.0. The lowest BCUT2D eigenvalue weighted by atomic mass is 9.97. The number of rotatable bonds is 7. The molecule has 1 N–H and O–H groups in total. The molecular weight excluding hydrogens is 424 g/mol. The van der Waals surface area contributed by atoms with E-state index in [1.165, 1.54) is 24.0 Å². The zero-order chi connectivity index (χ0) is 22.7. The maximum absolute atomic E-state index is 12.0. The SMILES string of the molecule is COCC(=O)N[C@@H]1CCc2c(-c3nnc(C4=CCC(OC(C)C)C(C#N)=C4)s3)cccc21. The highest BCUT2D eigenvalue weighted by Crippen LogP contribution is 2.40. The first kappa shape index (κ1) is 22.3. The number of nitrogens with zero attached hydrogens (tertiary/aromatic N) is 3. The van der Waals surface area contributed by atoms with Crippen LogP contribution in [0.3, 0.4) is 0 Å². The second-order valence-corrected chi connectivity index (χ2v) is 9.14. The lowest BCUT2D eigenvalue weighted by molar-refractivity contribution is -0.125. The number of fused-ring (bicyclic) bond motifs is 1. The first-order valence-electron chi connectivity index (χ1n) is 10.7. The van der Waals surface area contributed by atoms with Gasteiger partial charge in [0, 0.05) is 18.2 Å². The molecule has 0 fully saturated rings. The van der Waals surface area contributed by atoms with Gasteiger partial charge in [-0.3, -0.25) is 4.79 Å². The fraction of sp³-hybridized carbons (Fsp3) is 0.417. The number of methoxy groups -OCH3 is 1. The molecule has 1 heterocycles. The van der Waals surface area contributed by atoms with Crippen molar-refractivity contribution < 1.29 is 14.3 Å². The smallest absolute Gasteiger partial charge is 0.246 e. The van der Waals surface area contributed by atoms with Gasteiger partial charge in [0.15, 0.2) is 0 Å². The maximum Gasteiger partial charge on any atom is 0.246 e. The lowest BCUT2D eigenvalue weighted by Crippen LogP contribution is -2.30. The van der Waals surface area contributed by atoms with Gasteiger partial charge in [-0.1, -0.05) is 35.6 Å². The molecule has 1 unspecified atom stereocenters. The van der Waals surface area contributed by atoms with Crippen LogP contribution in [0.15, 0.2) is 35.9 Å². The van der Waals surface area contributed by atoms with Crippen LogP contribution in [0.25, 0.3) is 16.1 Å². The van der Waals surface area contributed by atoms with E-state index in [2.05, 4.69) is 39.8 Å². The lowest BCUT2D eigenvalue weighted by Gasteiger charge is -2.21. The van der Waals surface area contributed by atoms with E-state index in [0.717, 1.165) is 39.6 Å². The average Bonchev–Trinajstić information content (AvgIpc) is 3.41. The number of amides is 1. The van der Waals surface area contributed by atoms with Gasteiger partial charge in [0.05, 0.1) is 29.9 Å². The number of hydrogen-bond donors (Lipinski definition) is 1. The molecule has 0 aliphatic heterocycles. The Morgan fingerprint density at radius 1 is 1.34 bits per heavy atom. The van der Waals surface area contributed by atoms with E-state index >= 15 is 0 Å². The molecule has 0 saturated carbocycles. The highest BCUT2D eigenvalue weighted by Gasteiger charge is 2.28. The van der Waals surface area contributed by atoms with Crippen molar-refractivity contribution in [2.45, 2.75) is 51.4 Å². The van der Waals surface area contributed by atoms with Gasteiger partial charge in [-0.25, -0.2) is 0 Å². The zero-order valence-electron chi connectivity index (χ0n) is 18.4. The minimum absolute atomic E-state index is 0.0138. The largest absolute Gasteiger partial charge is 0.375 e. The Bertz CT molecular complexity index is 1110. The number of nitrogens with one attached hydrogen (secondary N) is 1. The van der Waals surface area contributed by atoms with Crippen molar-refractivity contribution in [1.82, 2.24) is 15.5 Å². The monoisotopic (exact) mass is 450 g/mol. The molecule has 2 aliphatic carbocycles. The van der Waals surface area contributed by atoms with E-state index in [4.69, 9.17) is 9.47 Å². The summed E-state index contributed by atoms with van der Waals surface area (Å²) in [5.41, 5.74) is 4.90. The first-order valence-corrected chi connectivity index (χ1v) is 11.5. The number of hydrogen-bond acceptors (Lipinski definition) is 7. The van der Waals surface area contributed by atoms with E-state index in [9.17, 15) is 10.1 Å². The van der Waals surface area contributed by atoms with Gasteiger partial charge in [0.25, 0.3) is 0 Å². The van der Waals surface area contributed by atoms with Gasteiger partial charge in [0.2, 0.25) is 5.91 Å². The molecule has 1 aromatic carbocycles. The quantitative estimate of drug-likeness (QED) is 0.685. The molecule has 0 bridgehead atoms. The fourth-order valence-corrected chi connectivity index (χ4v) is 5.12. The summed E-state index contributed by atoms with van der Waals surface area (Å²) in [5.74, 6) is -0.113. The average molecular weight is 451 g/mol. The van der Waals surface area contributed by atoms with Crippen LogP contribution >= 0.6 is 11.3 Å². The number of allylic oxidation sites excluding steroid dienone is 2. The number of aromatic nitrogens is 2. The van der Waals surface area contributed by atoms with Gasteiger partial charge in [0.1, 0.15) is 16.6 Å². The van der Waals surface area contributed by atoms with E-state index in [0.29, 0.717) is 12.0 Å². The molecule has 0 radical (unpaired) electrons. The number of nitriles is 1. The fourth-order valence-electron chi connectivity index (χ4n) is 4.21. The number of ether oxygens (including phenoxy) is 2. The highest BCUT2D eigenvalue weighted by molar-refractivity contribution is 7.15. The molecule has 2 atom stereocenters. The predicted octanol–water partition coefficient (Wildman–Crippen LogP) is 3.99. The number of carbonyl (C=O) groups is 1. The van der Waals surface area contributed by atoms with E-state index in [-0.39, 0.29) is 30.8 Å². The maximum atomic E-state index is 12.0. The Morgan fingerprint density at radius 2 is 2.16 bits per heavy atom. The van der Waals surface area contributed by atoms with Crippen LogP contribution in [0.2, 0.25) is 0 Å². The van der Waals surface area contributed by atoms with Crippen LogP contribution in [0.5, 0.6) is 0 Å². The van der Waals surface area contributed by atoms with Crippen LogP contribution in [0, 0.1) is 11.3 Å². The molecule has 0 spiro atoms. The summed E-state index contributed by atoms with van der Waals surface area (Å²) in [6, 6.07) is 8.37. The Kier molecular flexibility index (Phi) is 6.80. The molecule has 166 valence electrons. The van der Waals surface area contributed by atoms with Gasteiger partial charge in [-0.05, 0) is 50.3 Å². The van der Waals surface area contributed by atoms with E-state index in [1.54, 1.807) is 0 Å². The summed E-state index contributed by atoms with van der Waals surface area (Å²) in [6.45, 7) is 4.00. The molecule has 4 rings (SSSR count). The van der Waals surface area contributed by atoms with Crippen LogP contribution in [-0.4, -0.2) is 42.0 Å². The summed E-state index contributed by atoms with van der Waals surface area (Å²) < 4.78 is 10.8. The molecule has 32 heavy (non-hydrogen) atoms. The Morgan fingerprint density at radius 3 is 2.91 bits per heavy atom. The first-order chi connectivity index (χ1) is 15.5. The topological polar surface area (TPSA) is 97.1 Å². The summed E-state index contributed by atoms with van der Waals surface area (Å²) in [6.07, 6.45) is 6.14. The third-order valence-electron chi connectivity index (χ3n) is 5.56. The van der Waals surface area contributed by atoms with Gasteiger partial charge >= 0.3 is 0 Å². The number of benzene rings is 1. The van der Waals surface area contributed by atoms with Crippen LogP contribution in [-0.2, 0) is 20.7 Å². The molecule has 0 saturated heterocycles. The Labute approximate surface area is 191 Å². The van der Waals surface area contributed by atoms with Crippen LogP contribution < -0.4 is 5.32 Å². The van der Waals surface area contributed by atoms with Crippen molar-refractivity contribution in [2.24, 2.45) is 0 Å². The molecule has 2 aromatic rings. The van der Waals surface area contributed by atoms with Crippen LogP contribution in [0.4, 0.5) is 0 Å². The zero-order valence-corrected chi connectivity index (χ0v) is 19.2. The second kappa shape index (κ2) is 9.74. The summed E-state index contributed by atoms with van der Waals surface area (Å²) in [5, 5.41) is 23.1. The minimum Gasteiger partial charge on any atom is -0.375 e. The second-order valence-electron chi connectivity index (χ2n) is 8.16. The Balaban J connectivity index is 1.56. The van der Waals surface area contributed by atoms with Gasteiger partial charge in [-0.15, -0.1) is 10.2 Å². The standard InChI is InChI=1S/C24H26N4O3S/c1-14(2)31-21-10-7-15(11-16(21)12-25)23-27-28-24(32-23)19-6-4-5-18-17(19)8-9-20(18)26-22(29)13-30-3/h4-7,11,14,20-21H,8-10,13H2,1-3H3,(H,26,29)/t20-,21?/m1/s1. The van der Waals surface area contributed by atoms with Crippen LogP contribution in [0.1, 0.15) is 48.9 Å². The third-order valence-corrected chi connectivity index (χ3v) is 6.56. The molecule has 1 aromatic heterocycles. The van der Waals surface area contributed by atoms with Crippen molar-refractivity contribution in [1.29, 1.82) is 5.26 Å². The van der Waals surface area contributed by atoms with Gasteiger partial charge < -0.3 is 14.8 Å². The summed E-state index contributed by atoms with van der Waals surface area (Å²) >= 11 is 1.52. The molecular formula is C24H26N4O3S. The summed E-state index contributed by atoms with van der Waals surface area (Å²) in [7, 11) is 1.52. The molecule has 1 amide bonds. The third kappa shape index (κ3) is 4.65. The highest BCUT2D eigenvalue weighted by atomic mass is 32.1. The van der Waals surface area contributed by atoms with Crippen molar-refractivity contribution in [3.05, 3.63) is 52.1 Å². The van der Waals surface area contributed by atoms with Crippen molar-refractivity contribution in [3.63, 3.8) is 0 Å². The van der Waals surface area contributed by atoms with E-state index in [1.807, 2.05) is 26.0 Å². The van der Waals surface area contributed by atoms with Crippen molar-refractivity contribution in [3.8, 4) is 16.6 Å². The molecule has 8 heteroatoms. The van der Waals surface area contributed by atoms with Crippen molar-refractivity contribution in [2.75, 3.05) is 13.7 Å². The van der Waals surface area contributed by atoms with Gasteiger partial charge in [-0.2, -0.15) is 5.26 Å². The van der Waals surface area contributed by atoms with Crippen molar-refractivity contribution >= 4 is 22.8 Å². The predicted molar refractivity (Wildman–Crippen MR) is 123 cm³/mol. The minimum atomic E-state index is -0.209. The van der Waals surface area contributed by atoms with E-state index < -0.39 is 0 Å². The number of carbonyl (C=O) groups excluding carboxylic acids is 1. The Hall–Kier alpha value is -2.86. The molecule has 2 aliphatic rings.